The molecule has 0 radical (unpaired) electrons. The third kappa shape index (κ3) is 4.12. The average molecular weight is 333 g/mol. The molecule has 2 aliphatic heterocycles. The lowest BCUT2D eigenvalue weighted by Crippen LogP contribution is -2.59. The number of nitrogens with one attached hydrogen (secondary N) is 1. The minimum absolute atomic E-state index is 0.146. The van der Waals surface area contributed by atoms with Crippen LogP contribution in [0.1, 0.15) is 37.7 Å². The van der Waals surface area contributed by atoms with Crippen LogP contribution in [0.4, 0.5) is 5.69 Å². The summed E-state index contributed by atoms with van der Waals surface area (Å²) in [6, 6.07) is 6.82. The number of nitro groups is 1. The minimum atomic E-state index is -0.357. The van der Waals surface area contributed by atoms with E-state index in [2.05, 4.69) is 10.2 Å². The number of nitrogens with zero attached hydrogens (tertiary/aromatic N) is 2. The summed E-state index contributed by atoms with van der Waals surface area (Å²) in [5.41, 5.74) is 1.44. The molecule has 2 heterocycles. The van der Waals surface area contributed by atoms with Crippen molar-refractivity contribution in [1.29, 1.82) is 0 Å². The van der Waals surface area contributed by atoms with Gasteiger partial charge < -0.3 is 10.1 Å². The highest BCUT2D eigenvalue weighted by molar-refractivity contribution is 5.32. The quantitative estimate of drug-likeness (QED) is 0.640. The van der Waals surface area contributed by atoms with Gasteiger partial charge in [-0.3, -0.25) is 15.0 Å². The minimum Gasteiger partial charge on any atom is -0.381 e. The lowest BCUT2D eigenvalue weighted by atomic mass is 9.86. The van der Waals surface area contributed by atoms with Crippen LogP contribution in [0.25, 0.3) is 0 Å². The molecule has 6 heteroatoms. The summed E-state index contributed by atoms with van der Waals surface area (Å²) in [5, 5.41) is 14.3. The predicted octanol–water partition coefficient (Wildman–Crippen LogP) is 2.72. The van der Waals surface area contributed by atoms with Gasteiger partial charge in [0.25, 0.3) is 5.69 Å². The second-order valence-electron chi connectivity index (χ2n) is 6.91. The van der Waals surface area contributed by atoms with E-state index in [9.17, 15) is 10.1 Å². The van der Waals surface area contributed by atoms with E-state index < -0.39 is 0 Å². The average Bonchev–Trinajstić information content (AvgIpc) is 2.64. The molecular formula is C18H27N3O3. The van der Waals surface area contributed by atoms with E-state index in [1.807, 2.05) is 12.1 Å². The summed E-state index contributed by atoms with van der Waals surface area (Å²) in [4.78, 5) is 13.0. The first-order valence-corrected chi connectivity index (χ1v) is 8.96. The Balaban J connectivity index is 1.58. The largest absolute Gasteiger partial charge is 0.381 e. The van der Waals surface area contributed by atoms with Gasteiger partial charge in [-0.25, -0.2) is 0 Å². The van der Waals surface area contributed by atoms with Crippen LogP contribution in [0, 0.1) is 10.1 Å². The first kappa shape index (κ1) is 17.3. The van der Waals surface area contributed by atoms with Crippen molar-refractivity contribution in [3.05, 3.63) is 39.9 Å². The van der Waals surface area contributed by atoms with Gasteiger partial charge in [0.15, 0.2) is 0 Å². The Hall–Kier alpha value is -1.50. The highest BCUT2D eigenvalue weighted by atomic mass is 16.6. The molecule has 0 saturated carbocycles. The molecule has 0 aromatic heterocycles. The van der Waals surface area contributed by atoms with E-state index in [1.54, 1.807) is 12.1 Å². The van der Waals surface area contributed by atoms with Crippen molar-refractivity contribution in [3.8, 4) is 0 Å². The van der Waals surface area contributed by atoms with Gasteiger partial charge in [-0.1, -0.05) is 18.6 Å². The molecule has 2 fully saturated rings. The third-order valence-electron chi connectivity index (χ3n) is 5.38. The number of ether oxygens (including phenoxy) is 1. The Morgan fingerprint density at radius 2 is 1.79 bits per heavy atom. The number of piperidine rings is 1. The number of hydrogen-bond acceptors (Lipinski definition) is 5. The van der Waals surface area contributed by atoms with Crippen LogP contribution >= 0.6 is 0 Å². The summed E-state index contributed by atoms with van der Waals surface area (Å²) in [6.45, 7) is 5.77. The van der Waals surface area contributed by atoms with E-state index in [0.717, 1.165) is 44.7 Å². The number of hydrogen-bond donors (Lipinski definition) is 1. The number of likely N-dealkylation sites (tertiary alicyclic amines) is 1. The van der Waals surface area contributed by atoms with E-state index >= 15 is 0 Å². The molecule has 6 nitrogen and oxygen atoms in total. The van der Waals surface area contributed by atoms with E-state index in [1.165, 1.54) is 32.4 Å². The second-order valence-corrected chi connectivity index (χ2v) is 6.91. The molecule has 0 aliphatic carbocycles. The predicted molar refractivity (Wildman–Crippen MR) is 93.0 cm³/mol. The van der Waals surface area contributed by atoms with Gasteiger partial charge in [0.05, 0.1) is 4.92 Å². The fourth-order valence-corrected chi connectivity index (χ4v) is 3.90. The Bertz CT molecular complexity index is 535. The van der Waals surface area contributed by atoms with Crippen molar-refractivity contribution in [1.82, 2.24) is 10.2 Å². The zero-order chi connectivity index (χ0) is 16.8. The molecule has 2 aliphatic rings. The maximum absolute atomic E-state index is 10.7. The first-order valence-electron chi connectivity index (χ1n) is 8.96. The van der Waals surface area contributed by atoms with Crippen molar-refractivity contribution in [2.45, 2.75) is 44.2 Å². The standard InChI is InChI=1S/C18H27N3O3/c22-21(23)17-6-4-16(5-7-17)14-19-15-18(8-12-24-13-9-18)20-10-2-1-3-11-20/h4-7,19H,1-3,8-15H2. The summed E-state index contributed by atoms with van der Waals surface area (Å²) >= 11 is 0. The Morgan fingerprint density at radius 1 is 1.12 bits per heavy atom. The Kier molecular flexibility index (Phi) is 5.81. The van der Waals surface area contributed by atoms with Gasteiger partial charge in [-0.2, -0.15) is 0 Å². The van der Waals surface area contributed by atoms with Gasteiger partial charge in [-0.05, 0) is 44.3 Å². The molecule has 0 spiro atoms. The molecule has 0 amide bonds. The SMILES string of the molecule is O=[N+]([O-])c1ccc(CNCC2(N3CCCCC3)CCOCC2)cc1. The molecule has 0 atom stereocenters. The zero-order valence-corrected chi connectivity index (χ0v) is 14.2. The van der Waals surface area contributed by atoms with Crippen LogP contribution in [0.5, 0.6) is 0 Å². The van der Waals surface area contributed by atoms with Crippen molar-refractivity contribution >= 4 is 5.69 Å². The lowest BCUT2D eigenvalue weighted by Gasteiger charge is -2.48. The summed E-state index contributed by atoms with van der Waals surface area (Å²) in [5.74, 6) is 0. The highest BCUT2D eigenvalue weighted by Crippen LogP contribution is 2.30. The fourth-order valence-electron chi connectivity index (χ4n) is 3.90. The smallest absolute Gasteiger partial charge is 0.269 e. The van der Waals surface area contributed by atoms with E-state index in [0.29, 0.717) is 0 Å². The number of non-ortho nitro benzene ring substituents is 1. The molecule has 3 rings (SSSR count). The van der Waals surface area contributed by atoms with E-state index in [-0.39, 0.29) is 16.1 Å². The molecule has 0 bridgehead atoms. The summed E-state index contributed by atoms with van der Waals surface area (Å²) in [6.07, 6.45) is 6.11. The normalized spacial score (nSPS) is 21.5. The molecule has 2 saturated heterocycles. The zero-order valence-electron chi connectivity index (χ0n) is 14.2. The number of benzene rings is 1. The van der Waals surface area contributed by atoms with Crippen molar-refractivity contribution in [2.75, 3.05) is 32.8 Å². The van der Waals surface area contributed by atoms with Crippen molar-refractivity contribution in [2.24, 2.45) is 0 Å². The molecular weight excluding hydrogens is 306 g/mol. The number of rotatable bonds is 6. The van der Waals surface area contributed by atoms with Gasteiger partial charge in [-0.15, -0.1) is 0 Å². The summed E-state index contributed by atoms with van der Waals surface area (Å²) in [7, 11) is 0. The van der Waals surface area contributed by atoms with Crippen molar-refractivity contribution < 1.29 is 9.66 Å². The molecule has 1 N–H and O–H groups in total. The van der Waals surface area contributed by atoms with Crippen LogP contribution in [0.15, 0.2) is 24.3 Å². The number of nitro benzene ring substituents is 1. The van der Waals surface area contributed by atoms with Gasteiger partial charge >= 0.3 is 0 Å². The Morgan fingerprint density at radius 3 is 2.42 bits per heavy atom. The molecule has 1 aromatic rings. The maximum Gasteiger partial charge on any atom is 0.269 e. The molecule has 132 valence electrons. The van der Waals surface area contributed by atoms with Gasteiger partial charge in [0.1, 0.15) is 0 Å². The van der Waals surface area contributed by atoms with Crippen LogP contribution in [0.2, 0.25) is 0 Å². The fraction of sp³-hybridized carbons (Fsp3) is 0.667. The van der Waals surface area contributed by atoms with Crippen LogP contribution in [-0.4, -0.2) is 48.2 Å². The van der Waals surface area contributed by atoms with E-state index in [4.69, 9.17) is 4.74 Å². The molecule has 24 heavy (non-hydrogen) atoms. The Labute approximate surface area is 143 Å². The lowest BCUT2D eigenvalue weighted by molar-refractivity contribution is -0.384. The molecule has 0 unspecified atom stereocenters. The van der Waals surface area contributed by atoms with Crippen LogP contribution in [0.3, 0.4) is 0 Å². The topological polar surface area (TPSA) is 67.6 Å². The van der Waals surface area contributed by atoms with Crippen molar-refractivity contribution in [3.63, 3.8) is 0 Å². The van der Waals surface area contributed by atoms with Crippen LogP contribution in [-0.2, 0) is 11.3 Å². The molecule has 1 aromatic carbocycles. The van der Waals surface area contributed by atoms with Crippen LogP contribution < -0.4 is 5.32 Å². The monoisotopic (exact) mass is 333 g/mol. The maximum atomic E-state index is 10.7. The van der Waals surface area contributed by atoms with Gasteiger partial charge in [0.2, 0.25) is 0 Å². The highest BCUT2D eigenvalue weighted by Gasteiger charge is 2.38. The van der Waals surface area contributed by atoms with Gasteiger partial charge in [0, 0.05) is 44.0 Å². The third-order valence-corrected chi connectivity index (χ3v) is 5.38. The second kappa shape index (κ2) is 8.05. The summed E-state index contributed by atoms with van der Waals surface area (Å²) < 4.78 is 5.60. The first-order chi connectivity index (χ1) is 11.7.